The topological polar surface area (TPSA) is 32.3 Å². The Kier molecular flexibility index (Phi) is 3.29. The van der Waals surface area contributed by atoms with E-state index in [-0.39, 0.29) is 6.04 Å². The van der Waals surface area contributed by atoms with Gasteiger partial charge < -0.3 is 10.2 Å². The molecule has 15 heavy (non-hydrogen) atoms. The molecule has 1 amide bonds. The van der Waals surface area contributed by atoms with Crippen LogP contribution in [0.2, 0.25) is 0 Å². The maximum Gasteiger partial charge on any atom is 0.240 e. The van der Waals surface area contributed by atoms with Crippen LogP contribution in [0.5, 0.6) is 0 Å². The van der Waals surface area contributed by atoms with Crippen LogP contribution < -0.4 is 5.32 Å². The van der Waals surface area contributed by atoms with Crippen LogP contribution in [0.4, 0.5) is 0 Å². The molecule has 0 aromatic carbocycles. The lowest BCUT2D eigenvalue weighted by molar-refractivity contribution is -0.139. The molecule has 1 N–H and O–H groups in total. The molecule has 0 aliphatic carbocycles. The zero-order valence-electron chi connectivity index (χ0n) is 9.83. The molecule has 2 rings (SSSR count). The average Bonchev–Trinajstić information content (AvgIpc) is 2.69. The fourth-order valence-electron chi connectivity index (χ4n) is 2.93. The molecule has 3 heteroatoms. The molecular weight excluding hydrogens is 188 g/mol. The maximum atomic E-state index is 12.3. The van der Waals surface area contributed by atoms with Gasteiger partial charge in [-0.3, -0.25) is 4.79 Å². The first-order valence-electron chi connectivity index (χ1n) is 6.25. The summed E-state index contributed by atoms with van der Waals surface area (Å²) in [6.45, 7) is 5.37. The molecule has 86 valence electrons. The number of carbonyl (C=O) groups excluding carboxylic acids is 1. The van der Waals surface area contributed by atoms with Gasteiger partial charge in [-0.1, -0.05) is 0 Å². The minimum atomic E-state index is 0.105. The number of hydrogen-bond acceptors (Lipinski definition) is 2. The number of nitrogens with zero attached hydrogens (tertiary/aromatic N) is 1. The standard InChI is InChI=1S/C12H22N2O/c1-9-5-3-6-10(2)14(9)12(15)11-7-4-8-13-11/h9-11,13H,3-8H2,1-2H3/t9-,10-,11+/m1/s1. The van der Waals surface area contributed by atoms with Gasteiger partial charge in [0.25, 0.3) is 0 Å². The molecule has 2 heterocycles. The van der Waals surface area contributed by atoms with Gasteiger partial charge in [-0.05, 0) is 52.5 Å². The number of rotatable bonds is 1. The molecule has 2 fully saturated rings. The van der Waals surface area contributed by atoms with Crippen molar-refractivity contribution in [2.75, 3.05) is 6.54 Å². The van der Waals surface area contributed by atoms with Gasteiger partial charge in [-0.25, -0.2) is 0 Å². The molecule has 0 radical (unpaired) electrons. The summed E-state index contributed by atoms with van der Waals surface area (Å²) in [4.78, 5) is 14.4. The SMILES string of the molecule is C[C@@H]1CCC[C@@H](C)N1C(=O)[C@@H]1CCCN1. The van der Waals surface area contributed by atoms with Crippen molar-refractivity contribution in [2.45, 2.75) is 64.1 Å². The fourth-order valence-corrected chi connectivity index (χ4v) is 2.93. The number of piperidine rings is 1. The highest BCUT2D eigenvalue weighted by atomic mass is 16.2. The van der Waals surface area contributed by atoms with Gasteiger partial charge in [0.15, 0.2) is 0 Å². The summed E-state index contributed by atoms with van der Waals surface area (Å²) in [6, 6.07) is 0.972. The predicted molar refractivity (Wildman–Crippen MR) is 60.6 cm³/mol. The maximum absolute atomic E-state index is 12.3. The second-order valence-electron chi connectivity index (χ2n) is 5.02. The van der Waals surface area contributed by atoms with Crippen molar-refractivity contribution in [3.05, 3.63) is 0 Å². The highest BCUT2D eigenvalue weighted by molar-refractivity contribution is 5.82. The van der Waals surface area contributed by atoms with Crippen LogP contribution >= 0.6 is 0 Å². The van der Waals surface area contributed by atoms with E-state index in [9.17, 15) is 4.79 Å². The zero-order chi connectivity index (χ0) is 10.8. The highest BCUT2D eigenvalue weighted by Gasteiger charge is 2.34. The Bertz CT molecular complexity index is 226. The lowest BCUT2D eigenvalue weighted by Crippen LogP contribution is -2.53. The van der Waals surface area contributed by atoms with Crippen LogP contribution in [-0.4, -0.2) is 35.5 Å². The molecule has 0 aromatic heterocycles. The molecule has 2 aliphatic rings. The smallest absolute Gasteiger partial charge is 0.240 e. The lowest BCUT2D eigenvalue weighted by atomic mass is 9.96. The molecule has 0 spiro atoms. The Balaban J connectivity index is 2.02. The Morgan fingerprint density at radius 2 is 1.80 bits per heavy atom. The molecule has 0 bridgehead atoms. The third-order valence-corrected chi connectivity index (χ3v) is 3.81. The summed E-state index contributed by atoms with van der Waals surface area (Å²) < 4.78 is 0. The quantitative estimate of drug-likeness (QED) is 0.712. The molecule has 0 saturated carbocycles. The molecule has 2 saturated heterocycles. The van der Waals surface area contributed by atoms with Gasteiger partial charge in [0, 0.05) is 12.1 Å². The Morgan fingerprint density at radius 3 is 2.33 bits per heavy atom. The van der Waals surface area contributed by atoms with Crippen molar-refractivity contribution in [2.24, 2.45) is 0 Å². The summed E-state index contributed by atoms with van der Waals surface area (Å²) >= 11 is 0. The fraction of sp³-hybridized carbons (Fsp3) is 0.917. The number of carbonyl (C=O) groups is 1. The first-order chi connectivity index (χ1) is 7.20. The van der Waals surface area contributed by atoms with E-state index in [0.717, 1.165) is 19.4 Å². The van der Waals surface area contributed by atoms with Crippen molar-refractivity contribution >= 4 is 5.91 Å². The number of hydrogen-bond donors (Lipinski definition) is 1. The Hall–Kier alpha value is -0.570. The summed E-state index contributed by atoms with van der Waals surface area (Å²) in [5.74, 6) is 0.340. The summed E-state index contributed by atoms with van der Waals surface area (Å²) in [6.07, 6.45) is 5.78. The van der Waals surface area contributed by atoms with E-state index in [1.807, 2.05) is 0 Å². The van der Waals surface area contributed by atoms with Gasteiger partial charge in [-0.2, -0.15) is 0 Å². The van der Waals surface area contributed by atoms with Gasteiger partial charge in [-0.15, -0.1) is 0 Å². The lowest BCUT2D eigenvalue weighted by Gasteiger charge is -2.40. The molecule has 0 unspecified atom stereocenters. The van der Waals surface area contributed by atoms with Gasteiger partial charge >= 0.3 is 0 Å². The van der Waals surface area contributed by atoms with Crippen molar-refractivity contribution in [3.63, 3.8) is 0 Å². The number of nitrogens with one attached hydrogen (secondary N) is 1. The van der Waals surface area contributed by atoms with Crippen molar-refractivity contribution < 1.29 is 4.79 Å². The van der Waals surface area contributed by atoms with Crippen LogP contribution in [0.1, 0.15) is 46.0 Å². The number of likely N-dealkylation sites (tertiary alicyclic amines) is 1. The second kappa shape index (κ2) is 4.52. The molecule has 3 nitrogen and oxygen atoms in total. The monoisotopic (exact) mass is 210 g/mol. The third-order valence-electron chi connectivity index (χ3n) is 3.81. The van der Waals surface area contributed by atoms with Crippen LogP contribution in [0, 0.1) is 0 Å². The van der Waals surface area contributed by atoms with Crippen molar-refractivity contribution in [1.29, 1.82) is 0 Å². The minimum absolute atomic E-state index is 0.105. The van der Waals surface area contributed by atoms with Crippen LogP contribution in [0.15, 0.2) is 0 Å². The second-order valence-corrected chi connectivity index (χ2v) is 5.02. The minimum Gasteiger partial charge on any atom is -0.336 e. The van der Waals surface area contributed by atoms with Crippen molar-refractivity contribution in [1.82, 2.24) is 10.2 Å². The first-order valence-corrected chi connectivity index (χ1v) is 6.25. The summed E-state index contributed by atoms with van der Waals surface area (Å²) in [5.41, 5.74) is 0. The van der Waals surface area contributed by atoms with Gasteiger partial charge in [0.1, 0.15) is 0 Å². The Morgan fingerprint density at radius 1 is 1.13 bits per heavy atom. The Labute approximate surface area is 92.2 Å². The van der Waals surface area contributed by atoms with Crippen LogP contribution in [-0.2, 0) is 4.79 Å². The molecular formula is C12H22N2O. The van der Waals surface area contributed by atoms with Crippen LogP contribution in [0.3, 0.4) is 0 Å². The zero-order valence-corrected chi connectivity index (χ0v) is 9.83. The highest BCUT2D eigenvalue weighted by Crippen LogP contribution is 2.24. The molecule has 0 aromatic rings. The van der Waals surface area contributed by atoms with Crippen molar-refractivity contribution in [3.8, 4) is 0 Å². The summed E-state index contributed by atoms with van der Waals surface area (Å²) in [5, 5.41) is 3.30. The predicted octanol–water partition coefficient (Wildman–Crippen LogP) is 1.53. The van der Waals surface area contributed by atoms with E-state index < -0.39 is 0 Å². The van der Waals surface area contributed by atoms with Gasteiger partial charge in [0.2, 0.25) is 5.91 Å². The van der Waals surface area contributed by atoms with E-state index >= 15 is 0 Å². The normalized spacial score (nSPS) is 36.9. The summed E-state index contributed by atoms with van der Waals surface area (Å²) in [7, 11) is 0. The average molecular weight is 210 g/mol. The first kappa shape index (κ1) is 10.9. The number of amides is 1. The van der Waals surface area contributed by atoms with E-state index in [4.69, 9.17) is 0 Å². The third kappa shape index (κ3) is 2.17. The largest absolute Gasteiger partial charge is 0.336 e. The van der Waals surface area contributed by atoms with E-state index in [1.54, 1.807) is 0 Å². The van der Waals surface area contributed by atoms with E-state index in [1.165, 1.54) is 19.3 Å². The van der Waals surface area contributed by atoms with E-state index in [0.29, 0.717) is 18.0 Å². The molecule has 2 aliphatic heterocycles. The molecule has 3 atom stereocenters. The van der Waals surface area contributed by atoms with Gasteiger partial charge in [0.05, 0.1) is 6.04 Å². The van der Waals surface area contributed by atoms with E-state index in [2.05, 4.69) is 24.1 Å². The van der Waals surface area contributed by atoms with Crippen LogP contribution in [0.25, 0.3) is 0 Å².